The summed E-state index contributed by atoms with van der Waals surface area (Å²) < 4.78 is 0. The lowest BCUT2D eigenvalue weighted by atomic mass is 9.89. The summed E-state index contributed by atoms with van der Waals surface area (Å²) in [5.41, 5.74) is 0. The lowest BCUT2D eigenvalue weighted by Gasteiger charge is -2.35. The number of nitrogens with one attached hydrogen (secondary N) is 8. The van der Waals surface area contributed by atoms with Crippen LogP contribution in [0.25, 0.3) is 0 Å². The second-order valence-corrected chi connectivity index (χ2v) is 15.0. The zero-order chi connectivity index (χ0) is 30.1. The van der Waals surface area contributed by atoms with Crippen LogP contribution in [0.5, 0.6) is 0 Å². The predicted octanol–water partition coefficient (Wildman–Crippen LogP) is 3.52. The molecular weight excluding hydrogens is 544 g/mol. The van der Waals surface area contributed by atoms with Gasteiger partial charge in [-0.1, -0.05) is 51.4 Å². The highest BCUT2D eigenvalue weighted by molar-refractivity contribution is 4.90. The van der Waals surface area contributed by atoms with Gasteiger partial charge in [-0.05, 0) is 129 Å². The van der Waals surface area contributed by atoms with Crippen LogP contribution in [-0.4, -0.2) is 101 Å². The molecule has 0 aromatic carbocycles. The molecule has 8 atom stereocenters. The van der Waals surface area contributed by atoms with E-state index in [-0.39, 0.29) is 0 Å². The summed E-state index contributed by atoms with van der Waals surface area (Å²) in [6.45, 7) is 9.12. The Labute approximate surface area is 271 Å². The van der Waals surface area contributed by atoms with Crippen LogP contribution in [0.15, 0.2) is 0 Å². The molecular formula is C36H72N8. The molecule has 0 radical (unpaired) electrons. The van der Waals surface area contributed by atoms with Gasteiger partial charge in [0, 0.05) is 48.3 Å². The van der Waals surface area contributed by atoms with Crippen molar-refractivity contribution in [2.75, 3.05) is 52.4 Å². The van der Waals surface area contributed by atoms with Gasteiger partial charge in [-0.2, -0.15) is 0 Å². The lowest BCUT2D eigenvalue weighted by molar-refractivity contribution is 0.261. The molecule has 4 saturated carbocycles. The first kappa shape index (κ1) is 35.0. The average molecular weight is 617 g/mol. The van der Waals surface area contributed by atoms with Crippen LogP contribution in [0.2, 0.25) is 0 Å². The first-order valence-electron chi connectivity index (χ1n) is 19.7. The Morgan fingerprint density at radius 3 is 0.455 bits per heavy atom. The largest absolute Gasteiger partial charge is 0.312 e. The van der Waals surface area contributed by atoms with E-state index in [1.165, 1.54) is 128 Å². The topological polar surface area (TPSA) is 96.2 Å². The van der Waals surface area contributed by atoms with Crippen molar-refractivity contribution in [2.45, 2.75) is 177 Å². The summed E-state index contributed by atoms with van der Waals surface area (Å²) >= 11 is 0. The summed E-state index contributed by atoms with van der Waals surface area (Å²) in [5.74, 6) is 0. The van der Waals surface area contributed by atoms with E-state index >= 15 is 0 Å². The molecule has 1 saturated heterocycles. The van der Waals surface area contributed by atoms with Crippen LogP contribution in [0.4, 0.5) is 0 Å². The molecule has 8 nitrogen and oxygen atoms in total. The lowest BCUT2D eigenvalue weighted by Crippen LogP contribution is -2.53. The third kappa shape index (κ3) is 12.0. The number of fused-ring (bicyclic) bond motifs is 4. The molecule has 0 aromatic rings. The van der Waals surface area contributed by atoms with Gasteiger partial charge in [0.05, 0.1) is 0 Å². The van der Waals surface area contributed by atoms with Gasteiger partial charge in [0.15, 0.2) is 0 Å². The van der Waals surface area contributed by atoms with Crippen LogP contribution in [-0.2, 0) is 0 Å². The fourth-order valence-corrected chi connectivity index (χ4v) is 9.13. The van der Waals surface area contributed by atoms with Gasteiger partial charge < -0.3 is 42.5 Å². The minimum Gasteiger partial charge on any atom is -0.312 e. The van der Waals surface area contributed by atoms with Crippen molar-refractivity contribution in [1.82, 2.24) is 42.5 Å². The molecule has 1 heterocycles. The van der Waals surface area contributed by atoms with Crippen molar-refractivity contribution in [2.24, 2.45) is 0 Å². The van der Waals surface area contributed by atoms with Gasteiger partial charge >= 0.3 is 0 Å². The smallest absolute Gasteiger partial charge is 0.0221 e. The molecule has 8 N–H and O–H groups in total. The molecule has 44 heavy (non-hydrogen) atoms. The van der Waals surface area contributed by atoms with E-state index in [0.717, 1.165) is 52.4 Å². The van der Waals surface area contributed by atoms with Gasteiger partial charge in [-0.25, -0.2) is 0 Å². The SMILES string of the molecule is C1CN[C@@H]2CCCC[C@H]2NCCCN[C@@H]2CCCC[C@H]2NCCCN[C@@H]2CCCC[C@H]2NCCCN[C@@H]2CCCC[C@H]2NC1. The van der Waals surface area contributed by atoms with E-state index in [1.807, 2.05) is 0 Å². The Morgan fingerprint density at radius 1 is 0.182 bits per heavy atom. The fourth-order valence-electron chi connectivity index (χ4n) is 9.13. The van der Waals surface area contributed by atoms with E-state index < -0.39 is 0 Å². The Bertz CT molecular complexity index is 563. The third-order valence-corrected chi connectivity index (χ3v) is 11.7. The third-order valence-electron chi connectivity index (χ3n) is 11.7. The van der Waals surface area contributed by atoms with Crippen molar-refractivity contribution in [3.05, 3.63) is 0 Å². The molecule has 0 aromatic heterocycles. The van der Waals surface area contributed by atoms with E-state index in [4.69, 9.17) is 0 Å². The van der Waals surface area contributed by atoms with E-state index in [0.29, 0.717) is 48.3 Å². The Hall–Kier alpha value is -0.320. The van der Waals surface area contributed by atoms with Crippen LogP contribution < -0.4 is 42.5 Å². The van der Waals surface area contributed by atoms with Gasteiger partial charge in [-0.3, -0.25) is 0 Å². The maximum Gasteiger partial charge on any atom is 0.0221 e. The minimum atomic E-state index is 0.645. The highest BCUT2D eigenvalue weighted by Gasteiger charge is 2.28. The summed E-state index contributed by atoms with van der Waals surface area (Å²) in [7, 11) is 0. The Balaban J connectivity index is 1.10. The molecule has 5 rings (SSSR count). The fraction of sp³-hybridized carbons (Fsp3) is 1.00. The van der Waals surface area contributed by atoms with Crippen molar-refractivity contribution >= 4 is 0 Å². The Morgan fingerprint density at radius 2 is 0.318 bits per heavy atom. The molecule has 0 unspecified atom stereocenters. The van der Waals surface area contributed by atoms with Gasteiger partial charge in [0.2, 0.25) is 0 Å². The quantitative estimate of drug-likeness (QED) is 0.210. The minimum absolute atomic E-state index is 0.645. The first-order valence-corrected chi connectivity index (χ1v) is 19.7. The second kappa shape index (κ2) is 20.8. The van der Waals surface area contributed by atoms with Crippen molar-refractivity contribution in [1.29, 1.82) is 0 Å². The van der Waals surface area contributed by atoms with E-state index in [9.17, 15) is 0 Å². The molecule has 5 aliphatic rings. The van der Waals surface area contributed by atoms with Crippen LogP contribution >= 0.6 is 0 Å². The highest BCUT2D eigenvalue weighted by atomic mass is 15.1. The van der Waals surface area contributed by atoms with Gasteiger partial charge in [0.25, 0.3) is 0 Å². The number of hydrogen-bond acceptors (Lipinski definition) is 8. The van der Waals surface area contributed by atoms with Crippen LogP contribution in [0, 0.1) is 0 Å². The van der Waals surface area contributed by atoms with Crippen molar-refractivity contribution in [3.63, 3.8) is 0 Å². The monoisotopic (exact) mass is 617 g/mol. The van der Waals surface area contributed by atoms with Crippen LogP contribution in [0.1, 0.15) is 128 Å². The van der Waals surface area contributed by atoms with Gasteiger partial charge in [-0.15, -0.1) is 0 Å². The zero-order valence-electron chi connectivity index (χ0n) is 28.4. The molecule has 0 spiro atoms. The number of hydrogen-bond donors (Lipinski definition) is 8. The second-order valence-electron chi connectivity index (χ2n) is 15.0. The highest BCUT2D eigenvalue weighted by Crippen LogP contribution is 2.22. The number of rotatable bonds is 0. The molecule has 256 valence electrons. The summed E-state index contributed by atoms with van der Waals surface area (Å²) in [5, 5.41) is 31.7. The zero-order valence-corrected chi connectivity index (χ0v) is 28.4. The average Bonchev–Trinajstić information content (AvgIpc) is 3.06. The maximum atomic E-state index is 3.97. The molecule has 5 fully saturated rings. The van der Waals surface area contributed by atoms with Crippen molar-refractivity contribution in [3.8, 4) is 0 Å². The summed E-state index contributed by atoms with van der Waals surface area (Å²) in [4.78, 5) is 0. The Kier molecular flexibility index (Phi) is 16.6. The molecule has 0 bridgehead atoms. The standard InChI is InChI=1S/C36H72N8/c1-2-14-30-29(13-1)37-21-9-23-39-31-15-3-4-16-32(31)41-25-11-27-43-35-19-7-8-20-36(35)44-28-12-26-42-34-18-6-5-17-33(34)40-24-10-22-38-30/h29-44H,1-28H2/t29-,30-,31-,32-,33-,34-,35-,36-/m1/s1. The van der Waals surface area contributed by atoms with E-state index in [2.05, 4.69) is 42.5 Å². The van der Waals surface area contributed by atoms with Crippen LogP contribution in [0.3, 0.4) is 0 Å². The molecule has 1 aliphatic heterocycles. The van der Waals surface area contributed by atoms with E-state index in [1.54, 1.807) is 0 Å². The molecule has 4 aliphatic carbocycles. The van der Waals surface area contributed by atoms with Gasteiger partial charge in [0.1, 0.15) is 0 Å². The molecule has 8 heteroatoms. The predicted molar refractivity (Wildman–Crippen MR) is 187 cm³/mol. The summed E-state index contributed by atoms with van der Waals surface area (Å²) in [6, 6.07) is 5.16. The maximum absolute atomic E-state index is 3.97. The normalized spacial score (nSPS) is 39.3. The van der Waals surface area contributed by atoms with Crippen molar-refractivity contribution < 1.29 is 0 Å². The first-order chi connectivity index (χ1) is 21.9. The summed E-state index contributed by atoms with van der Waals surface area (Å²) in [6.07, 6.45) is 26.6. The molecule has 0 amide bonds.